The largest absolute Gasteiger partial charge is 0.441 e. The number of hydrogen-bond donors (Lipinski definition) is 0. The van der Waals surface area contributed by atoms with Crippen molar-refractivity contribution in [3.8, 4) is 11.5 Å². The fraction of sp³-hybridized carbons (Fsp3) is 0.214. The lowest BCUT2D eigenvalue weighted by Crippen LogP contribution is -2.18. The van der Waals surface area contributed by atoms with Gasteiger partial charge < -0.3 is 4.42 Å². The zero-order valence-electron chi connectivity index (χ0n) is 18.5. The molecule has 1 atom stereocenters. The van der Waals surface area contributed by atoms with Gasteiger partial charge in [-0.05, 0) is 68.0 Å². The molecule has 0 saturated carbocycles. The van der Waals surface area contributed by atoms with Crippen LogP contribution in [0.1, 0.15) is 51.1 Å². The molecule has 160 valence electrons. The Hall–Kier alpha value is -3.24. The van der Waals surface area contributed by atoms with E-state index in [-0.39, 0.29) is 11.7 Å². The van der Waals surface area contributed by atoms with Crippen LogP contribution in [-0.4, -0.2) is 10.8 Å². The molecule has 1 aliphatic rings. The lowest BCUT2D eigenvalue weighted by molar-refractivity contribution is -0.114. The molecule has 0 fully saturated rings. The van der Waals surface area contributed by atoms with Crippen molar-refractivity contribution in [1.29, 1.82) is 0 Å². The number of benzene rings is 2. The molecule has 1 unspecified atom stereocenters. The second-order valence-corrected chi connectivity index (χ2v) is 9.87. The number of aromatic nitrogens is 1. The monoisotopic (exact) mass is 439 g/mol. The van der Waals surface area contributed by atoms with E-state index < -0.39 is 0 Å². The summed E-state index contributed by atoms with van der Waals surface area (Å²) in [6, 6.07) is 22.4. The lowest BCUT2D eigenvalue weighted by atomic mass is 9.76. The van der Waals surface area contributed by atoms with Crippen molar-refractivity contribution in [2.24, 2.45) is 0 Å². The van der Waals surface area contributed by atoms with E-state index in [9.17, 15) is 4.79 Å². The van der Waals surface area contributed by atoms with E-state index in [4.69, 9.17) is 9.40 Å². The molecule has 0 radical (unpaired) electrons. The summed E-state index contributed by atoms with van der Waals surface area (Å²) in [5.41, 5.74) is 5.79. The molecule has 2 aromatic carbocycles. The molecule has 32 heavy (non-hydrogen) atoms. The fourth-order valence-electron chi connectivity index (χ4n) is 4.66. The first-order valence-corrected chi connectivity index (χ1v) is 11.7. The van der Waals surface area contributed by atoms with E-state index in [0.29, 0.717) is 12.3 Å². The molecule has 1 aliphatic carbocycles. The van der Waals surface area contributed by atoms with Crippen LogP contribution in [0.25, 0.3) is 22.6 Å². The van der Waals surface area contributed by atoms with Crippen molar-refractivity contribution in [1.82, 2.24) is 4.98 Å². The normalized spacial score (nSPS) is 16.6. The summed E-state index contributed by atoms with van der Waals surface area (Å²) in [7, 11) is 0. The Kier molecular flexibility index (Phi) is 5.40. The predicted molar refractivity (Wildman–Crippen MR) is 131 cm³/mol. The quantitative estimate of drug-likeness (QED) is 0.333. The number of aryl methyl sites for hydroxylation is 3. The minimum atomic E-state index is 0.138. The first-order valence-electron chi connectivity index (χ1n) is 10.9. The summed E-state index contributed by atoms with van der Waals surface area (Å²) in [6.07, 6.45) is 1.28. The summed E-state index contributed by atoms with van der Waals surface area (Å²) in [5, 5.41) is 0. The first kappa shape index (κ1) is 20.7. The van der Waals surface area contributed by atoms with Gasteiger partial charge in [-0.25, -0.2) is 4.98 Å². The SMILES string of the molecule is Cc1cc(C2=C(c3nc(-c4ccccc4)oc3C)CC(c3ccccc3)CC2=O)c(C)s1. The minimum Gasteiger partial charge on any atom is -0.441 e. The third-order valence-corrected chi connectivity index (χ3v) is 7.11. The Morgan fingerprint density at radius 1 is 0.938 bits per heavy atom. The Balaban J connectivity index is 1.68. The van der Waals surface area contributed by atoms with Crippen molar-refractivity contribution >= 4 is 28.3 Å². The zero-order chi connectivity index (χ0) is 22.2. The highest BCUT2D eigenvalue weighted by atomic mass is 32.1. The van der Waals surface area contributed by atoms with Crippen LogP contribution in [0.5, 0.6) is 0 Å². The third-order valence-electron chi connectivity index (χ3n) is 6.15. The summed E-state index contributed by atoms with van der Waals surface area (Å²) in [5.74, 6) is 1.67. The third kappa shape index (κ3) is 3.76. The number of Topliss-reactive ketones (excluding diaryl/α,β-unsaturated/α-hetero) is 1. The minimum absolute atomic E-state index is 0.138. The first-order chi connectivity index (χ1) is 15.5. The van der Waals surface area contributed by atoms with E-state index in [1.807, 2.05) is 55.5 Å². The van der Waals surface area contributed by atoms with Crippen LogP contribution in [0.15, 0.2) is 71.1 Å². The number of ketones is 1. The Bertz CT molecular complexity index is 1310. The maximum atomic E-state index is 13.6. The van der Waals surface area contributed by atoms with Gasteiger partial charge in [0.15, 0.2) is 5.78 Å². The number of rotatable bonds is 4. The Morgan fingerprint density at radius 3 is 2.28 bits per heavy atom. The van der Waals surface area contributed by atoms with Gasteiger partial charge in [-0.15, -0.1) is 11.3 Å². The zero-order valence-corrected chi connectivity index (χ0v) is 19.3. The molecule has 0 bridgehead atoms. The van der Waals surface area contributed by atoms with Crippen LogP contribution in [-0.2, 0) is 4.79 Å². The summed E-state index contributed by atoms with van der Waals surface area (Å²) in [6.45, 7) is 6.14. The lowest BCUT2D eigenvalue weighted by Gasteiger charge is -2.26. The van der Waals surface area contributed by atoms with Crippen molar-refractivity contribution in [2.75, 3.05) is 0 Å². The molecule has 5 rings (SSSR count). The van der Waals surface area contributed by atoms with Gasteiger partial charge in [0, 0.05) is 27.3 Å². The molecule has 4 heteroatoms. The van der Waals surface area contributed by atoms with Crippen molar-refractivity contribution in [2.45, 2.75) is 39.5 Å². The van der Waals surface area contributed by atoms with Gasteiger partial charge in [0.2, 0.25) is 5.89 Å². The predicted octanol–water partition coefficient (Wildman–Crippen LogP) is 7.39. The van der Waals surface area contributed by atoms with Crippen molar-refractivity contribution < 1.29 is 9.21 Å². The molecule has 2 aromatic heterocycles. The highest BCUT2D eigenvalue weighted by molar-refractivity contribution is 7.12. The maximum absolute atomic E-state index is 13.6. The van der Waals surface area contributed by atoms with Gasteiger partial charge in [-0.2, -0.15) is 0 Å². The summed E-state index contributed by atoms with van der Waals surface area (Å²) < 4.78 is 6.10. The van der Waals surface area contributed by atoms with E-state index in [2.05, 4.69) is 32.0 Å². The molecule has 2 heterocycles. The number of allylic oxidation sites excluding steroid dienone is 2. The number of oxazole rings is 1. The maximum Gasteiger partial charge on any atom is 0.226 e. The van der Waals surface area contributed by atoms with Crippen LogP contribution in [0.2, 0.25) is 0 Å². The van der Waals surface area contributed by atoms with Crippen LogP contribution in [0.3, 0.4) is 0 Å². The van der Waals surface area contributed by atoms with Gasteiger partial charge >= 0.3 is 0 Å². The Labute approximate surface area is 192 Å². The topological polar surface area (TPSA) is 43.1 Å². The van der Waals surface area contributed by atoms with E-state index in [1.54, 1.807) is 11.3 Å². The van der Waals surface area contributed by atoms with Gasteiger partial charge in [-0.1, -0.05) is 48.5 Å². The highest BCUT2D eigenvalue weighted by Gasteiger charge is 2.33. The Morgan fingerprint density at radius 2 is 1.62 bits per heavy atom. The summed E-state index contributed by atoms with van der Waals surface area (Å²) in [4.78, 5) is 20.9. The van der Waals surface area contributed by atoms with E-state index in [0.717, 1.165) is 40.1 Å². The second-order valence-electron chi connectivity index (χ2n) is 8.41. The van der Waals surface area contributed by atoms with E-state index in [1.165, 1.54) is 15.3 Å². The molecule has 0 spiro atoms. The number of nitrogens with zero attached hydrogens (tertiary/aromatic N) is 1. The molecule has 0 aliphatic heterocycles. The second kappa shape index (κ2) is 8.36. The van der Waals surface area contributed by atoms with E-state index >= 15 is 0 Å². The van der Waals surface area contributed by atoms with Crippen LogP contribution >= 0.6 is 11.3 Å². The van der Waals surface area contributed by atoms with Crippen LogP contribution in [0, 0.1) is 20.8 Å². The fourth-order valence-corrected chi connectivity index (χ4v) is 5.59. The number of carbonyl (C=O) groups excluding carboxylic acids is 1. The van der Waals surface area contributed by atoms with Gasteiger partial charge in [0.1, 0.15) is 11.5 Å². The molecule has 3 nitrogen and oxygen atoms in total. The molecular formula is C28H25NO2S. The van der Waals surface area contributed by atoms with Crippen molar-refractivity contribution in [3.63, 3.8) is 0 Å². The van der Waals surface area contributed by atoms with Gasteiger partial charge in [-0.3, -0.25) is 4.79 Å². The van der Waals surface area contributed by atoms with Crippen molar-refractivity contribution in [3.05, 3.63) is 99.1 Å². The van der Waals surface area contributed by atoms with Gasteiger partial charge in [0.25, 0.3) is 0 Å². The average Bonchev–Trinajstić information content (AvgIpc) is 3.35. The summed E-state index contributed by atoms with van der Waals surface area (Å²) >= 11 is 1.74. The van der Waals surface area contributed by atoms with Crippen LogP contribution < -0.4 is 0 Å². The number of thiophene rings is 1. The average molecular weight is 440 g/mol. The highest BCUT2D eigenvalue weighted by Crippen LogP contribution is 2.45. The molecule has 4 aromatic rings. The molecule has 0 N–H and O–H groups in total. The number of hydrogen-bond acceptors (Lipinski definition) is 4. The molecule has 0 saturated heterocycles. The van der Waals surface area contributed by atoms with Crippen LogP contribution in [0.4, 0.5) is 0 Å². The van der Waals surface area contributed by atoms with Gasteiger partial charge in [0.05, 0.1) is 0 Å². The standard InChI is InChI=1S/C28H25NO2S/c1-17-14-23(19(3)32-17)26-24(15-22(16-25(26)30)20-10-6-4-7-11-20)27-18(2)31-28(29-27)21-12-8-5-9-13-21/h4-14,22H,15-16H2,1-3H3. The number of carbonyl (C=O) groups is 1. The smallest absolute Gasteiger partial charge is 0.226 e. The molecule has 0 amide bonds. The molecular weight excluding hydrogens is 414 g/mol.